The van der Waals surface area contributed by atoms with E-state index in [0.29, 0.717) is 23.1 Å². The molecule has 2 N–H and O–H groups in total. The Morgan fingerprint density at radius 1 is 1.21 bits per heavy atom. The van der Waals surface area contributed by atoms with Crippen molar-refractivity contribution >= 4 is 23.2 Å². The summed E-state index contributed by atoms with van der Waals surface area (Å²) in [4.78, 5) is 0. The van der Waals surface area contributed by atoms with Gasteiger partial charge in [-0.05, 0) is 37.5 Å². The van der Waals surface area contributed by atoms with Gasteiger partial charge in [0.15, 0.2) is 0 Å². The van der Waals surface area contributed by atoms with Gasteiger partial charge in [-0.3, -0.25) is 0 Å². The summed E-state index contributed by atoms with van der Waals surface area (Å²) in [7, 11) is 0. The largest absolute Gasteiger partial charge is 0.492 e. The third kappa shape index (κ3) is 6.03. The summed E-state index contributed by atoms with van der Waals surface area (Å²) in [5.74, 6) is 0.736. The van der Waals surface area contributed by atoms with E-state index in [9.17, 15) is 0 Å². The minimum absolute atomic E-state index is 0.0528. The molecule has 0 heterocycles. The zero-order valence-electron chi connectivity index (χ0n) is 11.7. The van der Waals surface area contributed by atoms with Crippen LogP contribution in [0.4, 0.5) is 0 Å². The SMILES string of the molecule is CCCCCCOc1c(Cl)cc(Cl)cc1CC(C)N. The van der Waals surface area contributed by atoms with Crippen LogP contribution in [-0.4, -0.2) is 12.6 Å². The second-order valence-corrected chi connectivity index (χ2v) is 5.81. The predicted octanol–water partition coefficient (Wildman–Crippen LogP) is 4.84. The van der Waals surface area contributed by atoms with Crippen LogP contribution >= 0.6 is 23.2 Å². The molecule has 0 saturated carbocycles. The van der Waals surface area contributed by atoms with Gasteiger partial charge in [-0.1, -0.05) is 49.4 Å². The molecule has 0 aliphatic carbocycles. The van der Waals surface area contributed by atoms with Crippen LogP contribution in [0, 0.1) is 0 Å². The fraction of sp³-hybridized carbons (Fsp3) is 0.600. The van der Waals surface area contributed by atoms with Gasteiger partial charge in [0.25, 0.3) is 0 Å². The van der Waals surface area contributed by atoms with E-state index in [1.165, 1.54) is 19.3 Å². The predicted molar refractivity (Wildman–Crippen MR) is 83.5 cm³/mol. The van der Waals surface area contributed by atoms with Crippen LogP contribution in [0.25, 0.3) is 0 Å². The highest BCUT2D eigenvalue weighted by Gasteiger charge is 2.12. The molecule has 1 aromatic carbocycles. The Hall–Kier alpha value is -0.440. The van der Waals surface area contributed by atoms with Gasteiger partial charge in [0.1, 0.15) is 5.75 Å². The van der Waals surface area contributed by atoms with Crippen LogP contribution in [0.5, 0.6) is 5.75 Å². The van der Waals surface area contributed by atoms with Crippen molar-refractivity contribution in [2.45, 2.75) is 52.0 Å². The van der Waals surface area contributed by atoms with E-state index in [1.807, 2.05) is 13.0 Å². The third-order valence-corrected chi connectivity index (χ3v) is 3.37. The van der Waals surface area contributed by atoms with Gasteiger partial charge in [-0.25, -0.2) is 0 Å². The first-order valence-corrected chi connectivity index (χ1v) is 7.66. The van der Waals surface area contributed by atoms with Crippen molar-refractivity contribution in [3.63, 3.8) is 0 Å². The van der Waals surface area contributed by atoms with Crippen molar-refractivity contribution in [2.75, 3.05) is 6.61 Å². The minimum Gasteiger partial charge on any atom is -0.492 e. The van der Waals surface area contributed by atoms with Crippen LogP contribution in [-0.2, 0) is 6.42 Å². The fourth-order valence-electron chi connectivity index (χ4n) is 1.98. The van der Waals surface area contributed by atoms with Gasteiger partial charge in [0, 0.05) is 11.1 Å². The first-order valence-electron chi connectivity index (χ1n) is 6.91. The van der Waals surface area contributed by atoms with Gasteiger partial charge < -0.3 is 10.5 Å². The lowest BCUT2D eigenvalue weighted by molar-refractivity contribution is 0.302. The molecule has 1 unspecified atom stereocenters. The Morgan fingerprint density at radius 2 is 1.95 bits per heavy atom. The molecule has 0 aliphatic heterocycles. The second kappa shape index (κ2) is 8.68. The highest BCUT2D eigenvalue weighted by molar-refractivity contribution is 6.35. The molecule has 0 saturated heterocycles. The average molecular weight is 304 g/mol. The lowest BCUT2D eigenvalue weighted by Gasteiger charge is -2.15. The minimum atomic E-state index is 0.0528. The van der Waals surface area contributed by atoms with Crippen LogP contribution in [0.2, 0.25) is 10.0 Å². The van der Waals surface area contributed by atoms with E-state index >= 15 is 0 Å². The number of halogens is 2. The van der Waals surface area contributed by atoms with Gasteiger partial charge in [-0.15, -0.1) is 0 Å². The van der Waals surface area contributed by atoms with E-state index in [4.69, 9.17) is 33.7 Å². The number of benzene rings is 1. The highest BCUT2D eigenvalue weighted by Crippen LogP contribution is 2.33. The molecule has 0 bridgehead atoms. The molecule has 1 rings (SSSR count). The third-order valence-electron chi connectivity index (χ3n) is 2.87. The number of unbranched alkanes of at least 4 members (excludes halogenated alkanes) is 3. The Labute approximate surface area is 126 Å². The Kier molecular flexibility index (Phi) is 7.59. The smallest absolute Gasteiger partial charge is 0.141 e. The Bertz CT molecular complexity index is 394. The Morgan fingerprint density at radius 3 is 2.58 bits per heavy atom. The topological polar surface area (TPSA) is 35.2 Å². The molecule has 4 heteroatoms. The van der Waals surface area contributed by atoms with Gasteiger partial charge in [0.05, 0.1) is 11.6 Å². The van der Waals surface area contributed by atoms with Crippen LogP contribution in [0.1, 0.15) is 45.1 Å². The zero-order chi connectivity index (χ0) is 14.3. The highest BCUT2D eigenvalue weighted by atomic mass is 35.5. The number of nitrogens with two attached hydrogens (primary N) is 1. The number of ether oxygens (including phenoxy) is 1. The molecule has 1 aromatic rings. The molecule has 108 valence electrons. The summed E-state index contributed by atoms with van der Waals surface area (Å²) in [5.41, 5.74) is 6.84. The lowest BCUT2D eigenvalue weighted by Crippen LogP contribution is -2.18. The molecule has 0 radical (unpaired) electrons. The van der Waals surface area contributed by atoms with E-state index in [0.717, 1.165) is 17.7 Å². The zero-order valence-corrected chi connectivity index (χ0v) is 13.2. The quantitative estimate of drug-likeness (QED) is 0.697. The van der Waals surface area contributed by atoms with Crippen molar-refractivity contribution < 1.29 is 4.74 Å². The van der Waals surface area contributed by atoms with Crippen molar-refractivity contribution in [1.82, 2.24) is 0 Å². The molecule has 1 atom stereocenters. The number of rotatable bonds is 8. The molecule has 0 aliphatic rings. The van der Waals surface area contributed by atoms with Crippen molar-refractivity contribution in [3.05, 3.63) is 27.7 Å². The molecule has 0 amide bonds. The second-order valence-electron chi connectivity index (χ2n) is 4.97. The van der Waals surface area contributed by atoms with Crippen LogP contribution in [0.15, 0.2) is 12.1 Å². The lowest BCUT2D eigenvalue weighted by atomic mass is 10.1. The molecule has 0 spiro atoms. The van der Waals surface area contributed by atoms with Gasteiger partial charge >= 0.3 is 0 Å². The molecule has 19 heavy (non-hydrogen) atoms. The Balaban J connectivity index is 2.68. The maximum atomic E-state index is 6.21. The standard InChI is InChI=1S/C15H23Cl2NO/c1-3-4-5-6-7-19-15-12(8-11(2)18)9-13(16)10-14(15)17/h9-11H,3-8,18H2,1-2H3. The maximum Gasteiger partial charge on any atom is 0.141 e. The number of hydrogen-bond donors (Lipinski definition) is 1. The molecule has 0 fully saturated rings. The van der Waals surface area contributed by atoms with Gasteiger partial charge in [-0.2, -0.15) is 0 Å². The first-order chi connectivity index (χ1) is 9.04. The molecular formula is C15H23Cl2NO. The van der Waals surface area contributed by atoms with E-state index in [-0.39, 0.29) is 6.04 Å². The monoisotopic (exact) mass is 303 g/mol. The summed E-state index contributed by atoms with van der Waals surface area (Å²) in [6, 6.07) is 3.66. The van der Waals surface area contributed by atoms with E-state index < -0.39 is 0 Å². The summed E-state index contributed by atoms with van der Waals surface area (Å²) in [6.45, 7) is 4.84. The summed E-state index contributed by atoms with van der Waals surface area (Å²) >= 11 is 12.2. The van der Waals surface area contributed by atoms with Crippen LogP contribution < -0.4 is 10.5 Å². The summed E-state index contributed by atoms with van der Waals surface area (Å²) < 4.78 is 5.82. The van der Waals surface area contributed by atoms with Crippen molar-refractivity contribution in [3.8, 4) is 5.75 Å². The maximum absolute atomic E-state index is 6.21. The summed E-state index contributed by atoms with van der Waals surface area (Å²) in [5, 5.41) is 1.19. The molecule has 0 aromatic heterocycles. The normalized spacial score (nSPS) is 12.5. The van der Waals surface area contributed by atoms with E-state index in [2.05, 4.69) is 6.92 Å². The first kappa shape index (κ1) is 16.6. The van der Waals surface area contributed by atoms with Crippen molar-refractivity contribution in [2.24, 2.45) is 5.73 Å². The van der Waals surface area contributed by atoms with Gasteiger partial charge in [0.2, 0.25) is 0 Å². The summed E-state index contributed by atoms with van der Waals surface area (Å²) in [6.07, 6.45) is 5.40. The van der Waals surface area contributed by atoms with Crippen LogP contribution in [0.3, 0.4) is 0 Å². The van der Waals surface area contributed by atoms with Crippen molar-refractivity contribution in [1.29, 1.82) is 0 Å². The molecular weight excluding hydrogens is 281 g/mol. The van der Waals surface area contributed by atoms with E-state index in [1.54, 1.807) is 6.07 Å². The average Bonchev–Trinajstić information content (AvgIpc) is 2.30. The number of hydrogen-bond acceptors (Lipinski definition) is 2. The molecule has 2 nitrogen and oxygen atoms in total. The fourth-order valence-corrected chi connectivity index (χ4v) is 2.57.